The summed E-state index contributed by atoms with van der Waals surface area (Å²) in [6.45, 7) is 24.2. The van der Waals surface area contributed by atoms with Crippen molar-refractivity contribution < 1.29 is 4.74 Å². The van der Waals surface area contributed by atoms with Gasteiger partial charge in [0, 0.05) is 0 Å². The van der Waals surface area contributed by atoms with E-state index in [2.05, 4.69) is 98.1 Å². The summed E-state index contributed by atoms with van der Waals surface area (Å²) >= 11 is 0. The van der Waals surface area contributed by atoms with Crippen molar-refractivity contribution in [3.05, 3.63) is 46.3 Å². The minimum atomic E-state index is -1.85. The Morgan fingerprint density at radius 3 is 2.00 bits per heavy atom. The topological polar surface area (TPSA) is 9.23 Å². The molecule has 0 saturated carbocycles. The lowest BCUT2D eigenvalue weighted by Gasteiger charge is -2.41. The van der Waals surface area contributed by atoms with Crippen LogP contribution in [-0.2, 0) is 5.41 Å². The number of ether oxygens (including phenoxy) is 1. The van der Waals surface area contributed by atoms with Crippen LogP contribution in [0.2, 0.25) is 31.2 Å². The molecule has 0 saturated heterocycles. The van der Waals surface area contributed by atoms with E-state index in [0.29, 0.717) is 5.04 Å². The highest BCUT2D eigenvalue weighted by Gasteiger charge is 2.44. The van der Waals surface area contributed by atoms with E-state index < -0.39 is 16.1 Å². The minimum Gasteiger partial charge on any atom is -0.497 e. The van der Waals surface area contributed by atoms with Gasteiger partial charge in [-0.05, 0) is 27.6 Å². The summed E-state index contributed by atoms with van der Waals surface area (Å²) in [5.74, 6) is 1.12. The van der Waals surface area contributed by atoms with E-state index in [1.165, 1.54) is 10.8 Å². The Bertz CT molecular complexity index is 769. The second-order valence-electron chi connectivity index (χ2n) is 11.1. The minimum absolute atomic E-state index is 0.0798. The quantitative estimate of drug-likeness (QED) is 0.508. The number of methoxy groups -OCH3 is 1. The van der Waals surface area contributed by atoms with E-state index in [1.54, 1.807) is 10.4 Å². The Morgan fingerprint density at radius 2 is 1.52 bits per heavy atom. The monoisotopic (exact) mass is 400 g/mol. The van der Waals surface area contributed by atoms with E-state index in [0.717, 1.165) is 12.2 Å². The fourth-order valence-corrected chi connectivity index (χ4v) is 11.2. The van der Waals surface area contributed by atoms with Crippen LogP contribution in [0.15, 0.2) is 40.7 Å². The van der Waals surface area contributed by atoms with Gasteiger partial charge >= 0.3 is 0 Å². The van der Waals surface area contributed by atoms with Crippen LogP contribution in [0.3, 0.4) is 0 Å². The molecular formula is C24H40OSi2. The summed E-state index contributed by atoms with van der Waals surface area (Å²) in [5.41, 5.74) is 1.40. The smallest absolute Gasteiger partial charge is 0.122 e. The largest absolute Gasteiger partial charge is 0.497 e. The van der Waals surface area contributed by atoms with Gasteiger partial charge in [-0.2, -0.15) is 0 Å². The molecule has 0 spiro atoms. The maximum Gasteiger partial charge on any atom is 0.122 e. The third kappa shape index (κ3) is 3.91. The molecule has 1 nitrogen and oxygen atoms in total. The van der Waals surface area contributed by atoms with Crippen molar-refractivity contribution in [2.24, 2.45) is 0 Å². The Kier molecular flexibility index (Phi) is 5.82. The molecule has 3 heteroatoms. The van der Waals surface area contributed by atoms with E-state index in [4.69, 9.17) is 4.74 Å². The van der Waals surface area contributed by atoms with Crippen LogP contribution in [0.25, 0.3) is 0 Å². The second-order valence-corrected chi connectivity index (χ2v) is 20.8. The zero-order chi connectivity index (χ0) is 20.8. The maximum atomic E-state index is 6.04. The average molecular weight is 401 g/mol. The summed E-state index contributed by atoms with van der Waals surface area (Å²) in [6, 6.07) is 6.81. The van der Waals surface area contributed by atoms with Gasteiger partial charge in [0.25, 0.3) is 0 Å². The van der Waals surface area contributed by atoms with Crippen molar-refractivity contribution in [3.8, 4) is 5.75 Å². The van der Waals surface area contributed by atoms with Crippen molar-refractivity contribution in [3.63, 3.8) is 0 Å². The number of hydrogen-bond donors (Lipinski definition) is 0. The summed E-state index contributed by atoms with van der Waals surface area (Å²) in [4.78, 5) is 0. The van der Waals surface area contributed by atoms with E-state index in [9.17, 15) is 0 Å². The van der Waals surface area contributed by atoms with Gasteiger partial charge in [-0.25, -0.2) is 0 Å². The Hall–Kier alpha value is -1.07. The number of rotatable bonds is 4. The van der Waals surface area contributed by atoms with Gasteiger partial charge in [0.05, 0.1) is 15.2 Å². The molecule has 1 aliphatic carbocycles. The molecule has 0 fully saturated rings. The van der Waals surface area contributed by atoms with Gasteiger partial charge in [-0.15, -0.1) is 0 Å². The Balaban J connectivity index is 2.71. The fourth-order valence-electron chi connectivity index (χ4n) is 4.09. The molecule has 0 radical (unpaired) electrons. The molecule has 1 aromatic rings. The number of benzene rings is 1. The normalized spacial score (nSPS) is 16.3. The molecule has 0 heterocycles. The molecule has 150 valence electrons. The fraction of sp³-hybridized carbons (Fsp3) is 0.583. The van der Waals surface area contributed by atoms with E-state index >= 15 is 0 Å². The summed E-state index contributed by atoms with van der Waals surface area (Å²) in [5, 5.41) is 5.21. The SMILES string of the molecule is COc1c(C(C)(C)C)cccc1[Si](C)(C)C1=C([Si](C)(C)C(C)(C)C)C=CC1. The molecule has 0 N–H and O–H groups in total. The second kappa shape index (κ2) is 7.07. The standard InChI is InChI=1S/C24H40OSi2/c1-23(2,3)18-14-12-17-21(22(18)25-7)26(8,9)19-15-13-16-20(19)27(10,11)24(4,5)6/h12-14,16-17H,15H2,1-11H3. The molecule has 1 aromatic carbocycles. The lowest BCUT2D eigenvalue weighted by atomic mass is 9.86. The van der Waals surface area contributed by atoms with Crippen LogP contribution < -0.4 is 9.92 Å². The zero-order valence-electron chi connectivity index (χ0n) is 19.5. The molecule has 27 heavy (non-hydrogen) atoms. The van der Waals surface area contributed by atoms with Gasteiger partial charge in [-0.1, -0.05) is 108 Å². The molecule has 0 atom stereocenters. The van der Waals surface area contributed by atoms with E-state index in [-0.39, 0.29) is 5.41 Å². The van der Waals surface area contributed by atoms with Crippen LogP contribution in [0, 0.1) is 0 Å². The lowest BCUT2D eigenvalue weighted by Crippen LogP contribution is -2.48. The van der Waals surface area contributed by atoms with Crippen LogP contribution in [0.5, 0.6) is 5.75 Å². The first-order valence-electron chi connectivity index (χ1n) is 10.2. The third-order valence-electron chi connectivity index (χ3n) is 6.93. The van der Waals surface area contributed by atoms with E-state index in [1.807, 2.05) is 7.11 Å². The highest BCUT2D eigenvalue weighted by atomic mass is 28.3. The van der Waals surface area contributed by atoms with Crippen LogP contribution in [0.1, 0.15) is 53.5 Å². The predicted molar refractivity (Wildman–Crippen MR) is 127 cm³/mol. The zero-order valence-corrected chi connectivity index (χ0v) is 21.5. The first-order chi connectivity index (χ1) is 12.2. The van der Waals surface area contributed by atoms with Crippen LogP contribution in [-0.4, -0.2) is 23.3 Å². The van der Waals surface area contributed by atoms with Gasteiger partial charge in [0.15, 0.2) is 0 Å². The van der Waals surface area contributed by atoms with Crippen LogP contribution >= 0.6 is 0 Å². The molecule has 2 rings (SSSR count). The van der Waals surface area contributed by atoms with Crippen molar-refractivity contribution in [2.45, 2.75) is 84.6 Å². The third-order valence-corrected chi connectivity index (χ3v) is 16.5. The maximum absolute atomic E-state index is 6.04. The number of allylic oxidation sites excluding steroid dienone is 4. The van der Waals surface area contributed by atoms with Gasteiger partial charge in [-0.3, -0.25) is 0 Å². The van der Waals surface area contributed by atoms with Gasteiger partial charge in [0.1, 0.15) is 13.8 Å². The molecule has 1 aliphatic rings. The Labute approximate surface area is 169 Å². The molecule has 0 aliphatic heterocycles. The average Bonchev–Trinajstić information content (AvgIpc) is 3.03. The molecule has 0 aromatic heterocycles. The molecular weight excluding hydrogens is 360 g/mol. The molecule has 0 bridgehead atoms. The first kappa shape index (κ1) is 22.2. The summed E-state index contributed by atoms with van der Waals surface area (Å²) in [6.07, 6.45) is 5.98. The summed E-state index contributed by atoms with van der Waals surface area (Å²) < 4.78 is 6.04. The number of para-hydroxylation sites is 1. The molecule has 0 unspecified atom stereocenters. The highest BCUT2D eigenvalue weighted by molar-refractivity contribution is 6.99. The van der Waals surface area contributed by atoms with Crippen molar-refractivity contribution >= 4 is 21.3 Å². The highest BCUT2D eigenvalue weighted by Crippen LogP contribution is 2.46. The van der Waals surface area contributed by atoms with Crippen molar-refractivity contribution in [1.82, 2.24) is 0 Å². The first-order valence-corrected chi connectivity index (χ1v) is 16.2. The summed E-state index contributed by atoms with van der Waals surface area (Å²) in [7, 11) is -1.57. The van der Waals surface area contributed by atoms with Gasteiger partial charge < -0.3 is 4.74 Å². The van der Waals surface area contributed by atoms with Crippen LogP contribution in [0.4, 0.5) is 0 Å². The molecule has 0 amide bonds. The van der Waals surface area contributed by atoms with Crippen molar-refractivity contribution in [2.75, 3.05) is 7.11 Å². The van der Waals surface area contributed by atoms with Gasteiger partial charge in [0.2, 0.25) is 0 Å². The lowest BCUT2D eigenvalue weighted by molar-refractivity contribution is 0.400. The predicted octanol–water partition coefficient (Wildman–Crippen LogP) is 6.75. The number of hydrogen-bond acceptors (Lipinski definition) is 1. The Morgan fingerprint density at radius 1 is 0.926 bits per heavy atom. The van der Waals surface area contributed by atoms with Crippen molar-refractivity contribution in [1.29, 1.82) is 0 Å².